The molecule has 0 aromatic heterocycles. The van der Waals surface area contributed by atoms with Crippen LogP contribution in [0.15, 0.2) is 18.2 Å². The summed E-state index contributed by atoms with van der Waals surface area (Å²) < 4.78 is 0. The molecule has 92 valence electrons. The summed E-state index contributed by atoms with van der Waals surface area (Å²) in [6.45, 7) is 2.33. The van der Waals surface area contributed by atoms with Gasteiger partial charge in [0.05, 0.1) is 0 Å². The first-order chi connectivity index (χ1) is 8.33. The quantitative estimate of drug-likeness (QED) is 0.857. The van der Waals surface area contributed by atoms with Crippen molar-refractivity contribution < 1.29 is 0 Å². The van der Waals surface area contributed by atoms with Gasteiger partial charge in [0.1, 0.15) is 0 Å². The summed E-state index contributed by atoms with van der Waals surface area (Å²) in [4.78, 5) is 2.40. The molecule has 3 rings (SSSR count). The monoisotopic (exact) mass is 230 g/mol. The number of benzene rings is 1. The highest BCUT2D eigenvalue weighted by molar-refractivity contribution is 5.51. The molecule has 1 aliphatic carbocycles. The van der Waals surface area contributed by atoms with Crippen LogP contribution < -0.4 is 10.2 Å². The number of nitrogens with zero attached hydrogens (tertiary/aromatic N) is 1. The molecule has 1 N–H and O–H groups in total. The third-order valence-corrected chi connectivity index (χ3v) is 4.18. The van der Waals surface area contributed by atoms with Gasteiger partial charge in [0.2, 0.25) is 0 Å². The molecule has 2 heteroatoms. The molecule has 0 saturated carbocycles. The minimum Gasteiger partial charge on any atom is -0.373 e. The van der Waals surface area contributed by atoms with E-state index in [1.54, 1.807) is 11.1 Å². The number of fused-ring (bicyclic) bond motifs is 1. The molecule has 0 radical (unpaired) electrons. The van der Waals surface area contributed by atoms with Gasteiger partial charge >= 0.3 is 0 Å². The fraction of sp³-hybridized carbons (Fsp3) is 0.600. The molecule has 1 aromatic rings. The number of nitrogens with one attached hydrogen (secondary N) is 1. The van der Waals surface area contributed by atoms with Crippen molar-refractivity contribution in [3.8, 4) is 0 Å². The Kier molecular flexibility index (Phi) is 3.06. The molecular weight excluding hydrogens is 208 g/mol. The van der Waals surface area contributed by atoms with E-state index < -0.39 is 0 Å². The van der Waals surface area contributed by atoms with Crippen molar-refractivity contribution in [2.24, 2.45) is 0 Å². The van der Waals surface area contributed by atoms with E-state index in [1.807, 2.05) is 0 Å². The number of hydrogen-bond donors (Lipinski definition) is 1. The van der Waals surface area contributed by atoms with Crippen LogP contribution in [-0.2, 0) is 12.8 Å². The molecule has 2 aliphatic rings. The van der Waals surface area contributed by atoms with Crippen molar-refractivity contribution in [1.82, 2.24) is 5.32 Å². The maximum Gasteiger partial charge on any atom is 0.0367 e. The van der Waals surface area contributed by atoms with Crippen LogP contribution in [0.4, 0.5) is 5.69 Å². The molecule has 1 aromatic carbocycles. The van der Waals surface area contributed by atoms with Crippen molar-refractivity contribution in [3.63, 3.8) is 0 Å². The summed E-state index contributed by atoms with van der Waals surface area (Å²) >= 11 is 0. The number of hydrogen-bond acceptors (Lipinski definition) is 2. The maximum atomic E-state index is 3.57. The Morgan fingerprint density at radius 2 is 2.12 bits per heavy atom. The topological polar surface area (TPSA) is 15.3 Å². The van der Waals surface area contributed by atoms with Crippen LogP contribution in [0.1, 0.15) is 30.4 Å². The summed E-state index contributed by atoms with van der Waals surface area (Å²) in [5.74, 6) is 0. The van der Waals surface area contributed by atoms with Crippen LogP contribution in [0, 0.1) is 0 Å². The van der Waals surface area contributed by atoms with E-state index >= 15 is 0 Å². The van der Waals surface area contributed by atoms with Crippen LogP contribution in [0.3, 0.4) is 0 Å². The zero-order valence-corrected chi connectivity index (χ0v) is 10.7. The number of anilines is 1. The number of aryl methyl sites for hydroxylation is 2. The molecule has 2 nitrogen and oxygen atoms in total. The van der Waals surface area contributed by atoms with E-state index in [1.165, 1.54) is 44.3 Å². The summed E-state index contributed by atoms with van der Waals surface area (Å²) in [6, 6.07) is 7.71. The van der Waals surface area contributed by atoms with E-state index in [9.17, 15) is 0 Å². The van der Waals surface area contributed by atoms with Crippen LogP contribution in [0.5, 0.6) is 0 Å². The van der Waals surface area contributed by atoms with Crippen LogP contribution in [-0.4, -0.2) is 26.2 Å². The van der Waals surface area contributed by atoms with Crippen LogP contribution in [0.2, 0.25) is 0 Å². The summed E-state index contributed by atoms with van der Waals surface area (Å²) in [5, 5.41) is 3.57. The molecule has 1 aliphatic heterocycles. The summed E-state index contributed by atoms with van der Waals surface area (Å²) in [5.41, 5.74) is 4.54. The van der Waals surface area contributed by atoms with Crippen LogP contribution >= 0.6 is 0 Å². The largest absolute Gasteiger partial charge is 0.373 e. The second-order valence-corrected chi connectivity index (χ2v) is 5.48. The maximum absolute atomic E-state index is 3.57. The Balaban J connectivity index is 1.70. The number of likely N-dealkylation sites (N-methyl/N-ethyl adjacent to an activating group) is 1. The smallest absolute Gasteiger partial charge is 0.0367 e. The van der Waals surface area contributed by atoms with Gasteiger partial charge in [-0.15, -0.1) is 0 Å². The Morgan fingerprint density at radius 3 is 2.94 bits per heavy atom. The normalized spacial score (nSPS) is 22.8. The van der Waals surface area contributed by atoms with Gasteiger partial charge in [-0.25, -0.2) is 0 Å². The fourth-order valence-electron chi connectivity index (χ4n) is 3.14. The Labute approximate surface area is 104 Å². The van der Waals surface area contributed by atoms with E-state index in [0.717, 1.165) is 6.54 Å². The van der Waals surface area contributed by atoms with E-state index in [0.29, 0.717) is 6.04 Å². The van der Waals surface area contributed by atoms with Crippen molar-refractivity contribution in [2.45, 2.75) is 38.1 Å². The molecule has 1 heterocycles. The Bertz CT molecular complexity index is 394. The highest BCUT2D eigenvalue weighted by Gasteiger charge is 2.17. The van der Waals surface area contributed by atoms with E-state index in [2.05, 4.69) is 35.5 Å². The van der Waals surface area contributed by atoms with Crippen molar-refractivity contribution >= 4 is 5.69 Å². The molecule has 0 amide bonds. The second-order valence-electron chi connectivity index (χ2n) is 5.48. The zero-order valence-electron chi connectivity index (χ0n) is 10.7. The zero-order chi connectivity index (χ0) is 11.7. The third-order valence-electron chi connectivity index (χ3n) is 4.18. The highest BCUT2D eigenvalue weighted by atomic mass is 15.1. The number of rotatable bonds is 3. The van der Waals surface area contributed by atoms with Gasteiger partial charge in [0.25, 0.3) is 0 Å². The first-order valence-electron chi connectivity index (χ1n) is 6.89. The van der Waals surface area contributed by atoms with Gasteiger partial charge < -0.3 is 10.2 Å². The molecule has 1 atom stereocenters. The summed E-state index contributed by atoms with van der Waals surface area (Å²) in [6.07, 6.45) is 6.56. The second kappa shape index (κ2) is 4.69. The van der Waals surface area contributed by atoms with Gasteiger partial charge in [0, 0.05) is 25.3 Å². The third kappa shape index (κ3) is 2.32. The Hall–Kier alpha value is -1.02. The average molecular weight is 230 g/mol. The first kappa shape index (κ1) is 11.1. The van der Waals surface area contributed by atoms with Gasteiger partial charge in [-0.2, -0.15) is 0 Å². The molecular formula is C15H22N2. The fourth-order valence-corrected chi connectivity index (χ4v) is 3.14. The van der Waals surface area contributed by atoms with Gasteiger partial charge in [-0.05, 0) is 61.9 Å². The predicted octanol–water partition coefficient (Wildman–Crippen LogP) is 2.36. The molecule has 0 spiro atoms. The lowest BCUT2D eigenvalue weighted by Crippen LogP contribution is -2.35. The molecule has 0 bridgehead atoms. The standard InChI is InChI=1S/C15H22N2/c1-17(11-14-6-3-9-16-14)15-8-7-12-4-2-5-13(12)10-15/h7-8,10,14,16H,2-6,9,11H2,1H3. The lowest BCUT2D eigenvalue weighted by molar-refractivity contribution is 0.600. The van der Waals surface area contributed by atoms with Crippen LogP contribution in [0.25, 0.3) is 0 Å². The molecule has 1 unspecified atom stereocenters. The van der Waals surface area contributed by atoms with Gasteiger partial charge in [0.15, 0.2) is 0 Å². The lowest BCUT2D eigenvalue weighted by atomic mass is 10.1. The van der Waals surface area contributed by atoms with Crippen molar-refractivity contribution in [3.05, 3.63) is 29.3 Å². The van der Waals surface area contributed by atoms with E-state index in [4.69, 9.17) is 0 Å². The minimum atomic E-state index is 0.688. The molecule has 17 heavy (non-hydrogen) atoms. The first-order valence-corrected chi connectivity index (χ1v) is 6.89. The lowest BCUT2D eigenvalue weighted by Gasteiger charge is -2.24. The minimum absolute atomic E-state index is 0.688. The van der Waals surface area contributed by atoms with Gasteiger partial charge in [-0.3, -0.25) is 0 Å². The van der Waals surface area contributed by atoms with E-state index in [-0.39, 0.29) is 0 Å². The molecule has 1 fully saturated rings. The molecule has 1 saturated heterocycles. The Morgan fingerprint density at radius 1 is 1.24 bits per heavy atom. The summed E-state index contributed by atoms with van der Waals surface area (Å²) in [7, 11) is 2.22. The average Bonchev–Trinajstić information content (AvgIpc) is 2.97. The predicted molar refractivity (Wildman–Crippen MR) is 72.8 cm³/mol. The van der Waals surface area contributed by atoms with Crippen molar-refractivity contribution in [1.29, 1.82) is 0 Å². The highest BCUT2D eigenvalue weighted by Crippen LogP contribution is 2.26. The SMILES string of the molecule is CN(CC1CCCN1)c1ccc2c(c1)CCC2. The van der Waals surface area contributed by atoms with Gasteiger partial charge in [-0.1, -0.05) is 6.07 Å². The van der Waals surface area contributed by atoms with Crippen molar-refractivity contribution in [2.75, 3.05) is 25.0 Å².